The molecule has 0 aliphatic carbocycles. The van der Waals surface area contributed by atoms with Gasteiger partial charge in [-0.1, -0.05) is 12.1 Å². The molecule has 0 saturated carbocycles. The van der Waals surface area contributed by atoms with Gasteiger partial charge in [0.15, 0.2) is 5.82 Å². The molecule has 2 heterocycles. The molecule has 0 fully saturated rings. The van der Waals surface area contributed by atoms with Gasteiger partial charge in [-0.3, -0.25) is 15.2 Å². The maximum Gasteiger partial charge on any atom is 0.311 e. The third-order valence-corrected chi connectivity index (χ3v) is 3.80. The quantitative estimate of drug-likeness (QED) is 0.370. The van der Waals surface area contributed by atoms with Crippen molar-refractivity contribution in [2.24, 2.45) is 0 Å². The second-order valence-corrected chi connectivity index (χ2v) is 5.81. The smallest absolute Gasteiger partial charge is 0.311 e. The van der Waals surface area contributed by atoms with Gasteiger partial charge in [-0.15, -0.1) is 0 Å². The highest BCUT2D eigenvalue weighted by atomic mass is 19.1. The van der Waals surface area contributed by atoms with E-state index in [0.717, 1.165) is 5.69 Å². The normalized spacial score (nSPS) is 11.8. The summed E-state index contributed by atoms with van der Waals surface area (Å²) in [6.07, 6.45) is 0. The van der Waals surface area contributed by atoms with Crippen LogP contribution in [0.2, 0.25) is 0 Å². The third kappa shape index (κ3) is 4.36. The number of aromatic amines is 1. The predicted molar refractivity (Wildman–Crippen MR) is 97.3 cm³/mol. The van der Waals surface area contributed by atoms with Crippen molar-refractivity contribution < 1.29 is 14.4 Å². The number of nitro groups is 1. The second kappa shape index (κ2) is 7.79. The molecule has 0 aliphatic rings. The SMILES string of the molecule is Cc1cc(Nc2nc(NC(CO)c3ccc(F)cc3)ccc2[N+](=O)[O-])n[nH]1. The lowest BCUT2D eigenvalue weighted by Gasteiger charge is -2.18. The number of nitrogens with one attached hydrogen (secondary N) is 3. The number of benzene rings is 1. The first kappa shape index (κ1) is 18.3. The van der Waals surface area contributed by atoms with E-state index in [1.54, 1.807) is 25.1 Å². The van der Waals surface area contributed by atoms with Crippen molar-refractivity contribution in [2.75, 3.05) is 17.2 Å². The van der Waals surface area contributed by atoms with Crippen LogP contribution in [0.3, 0.4) is 0 Å². The lowest BCUT2D eigenvalue weighted by atomic mass is 10.1. The van der Waals surface area contributed by atoms with Crippen LogP contribution in [-0.4, -0.2) is 31.8 Å². The number of halogens is 1. The number of anilines is 3. The average molecular weight is 372 g/mol. The minimum atomic E-state index is -0.556. The molecular formula is C17H17FN6O3. The topological polar surface area (TPSA) is 129 Å². The fourth-order valence-corrected chi connectivity index (χ4v) is 2.48. The summed E-state index contributed by atoms with van der Waals surface area (Å²) in [5.41, 5.74) is 1.21. The molecule has 0 amide bonds. The van der Waals surface area contributed by atoms with Gasteiger partial charge in [-0.05, 0) is 30.7 Å². The molecule has 2 aromatic heterocycles. The number of H-pyrrole nitrogens is 1. The molecular weight excluding hydrogens is 355 g/mol. The summed E-state index contributed by atoms with van der Waals surface area (Å²) in [6, 6.07) is 9.52. The van der Waals surface area contributed by atoms with E-state index >= 15 is 0 Å². The van der Waals surface area contributed by atoms with Crippen molar-refractivity contribution in [3.63, 3.8) is 0 Å². The summed E-state index contributed by atoms with van der Waals surface area (Å²) in [4.78, 5) is 14.9. The van der Waals surface area contributed by atoms with Crippen molar-refractivity contribution in [2.45, 2.75) is 13.0 Å². The van der Waals surface area contributed by atoms with Crippen LogP contribution in [0.1, 0.15) is 17.3 Å². The number of aliphatic hydroxyl groups is 1. The Hall–Kier alpha value is -3.53. The lowest BCUT2D eigenvalue weighted by Crippen LogP contribution is -2.16. The van der Waals surface area contributed by atoms with Crippen molar-refractivity contribution in [3.8, 4) is 0 Å². The molecule has 0 aliphatic heterocycles. The Bertz CT molecular complexity index is 944. The summed E-state index contributed by atoms with van der Waals surface area (Å²) >= 11 is 0. The molecule has 140 valence electrons. The first-order valence-electron chi connectivity index (χ1n) is 8.03. The fraction of sp³-hybridized carbons (Fsp3) is 0.176. The molecule has 0 radical (unpaired) electrons. The van der Waals surface area contributed by atoms with Gasteiger partial charge in [-0.25, -0.2) is 9.37 Å². The second-order valence-electron chi connectivity index (χ2n) is 5.81. The number of aliphatic hydroxyl groups excluding tert-OH is 1. The molecule has 27 heavy (non-hydrogen) atoms. The largest absolute Gasteiger partial charge is 0.394 e. The van der Waals surface area contributed by atoms with Crippen LogP contribution in [0.15, 0.2) is 42.5 Å². The van der Waals surface area contributed by atoms with E-state index in [9.17, 15) is 19.6 Å². The van der Waals surface area contributed by atoms with E-state index in [1.165, 1.54) is 24.3 Å². The Morgan fingerprint density at radius 3 is 2.59 bits per heavy atom. The zero-order valence-electron chi connectivity index (χ0n) is 14.3. The van der Waals surface area contributed by atoms with E-state index in [2.05, 4.69) is 25.8 Å². The molecule has 0 bridgehead atoms. The number of nitrogens with zero attached hydrogens (tertiary/aromatic N) is 3. The summed E-state index contributed by atoms with van der Waals surface area (Å²) in [7, 11) is 0. The highest BCUT2D eigenvalue weighted by Gasteiger charge is 2.19. The van der Waals surface area contributed by atoms with Gasteiger partial charge >= 0.3 is 5.69 Å². The Morgan fingerprint density at radius 1 is 1.26 bits per heavy atom. The molecule has 1 unspecified atom stereocenters. The molecule has 3 rings (SSSR count). The predicted octanol–water partition coefficient (Wildman–Crippen LogP) is 3.05. The van der Waals surface area contributed by atoms with E-state index in [0.29, 0.717) is 17.2 Å². The minimum Gasteiger partial charge on any atom is -0.394 e. The molecule has 4 N–H and O–H groups in total. The van der Waals surface area contributed by atoms with Gasteiger partial charge in [0.1, 0.15) is 11.6 Å². The van der Waals surface area contributed by atoms with E-state index < -0.39 is 11.0 Å². The maximum absolute atomic E-state index is 13.1. The van der Waals surface area contributed by atoms with Gasteiger partial charge < -0.3 is 15.7 Å². The number of pyridine rings is 1. The summed E-state index contributed by atoms with van der Waals surface area (Å²) in [5, 5.41) is 33.4. The van der Waals surface area contributed by atoms with Crippen LogP contribution in [0.4, 0.5) is 27.5 Å². The molecule has 3 aromatic rings. The highest BCUT2D eigenvalue weighted by Crippen LogP contribution is 2.28. The van der Waals surface area contributed by atoms with Gasteiger partial charge in [0.05, 0.1) is 17.6 Å². The molecule has 0 saturated heterocycles. The van der Waals surface area contributed by atoms with Crippen LogP contribution in [-0.2, 0) is 0 Å². The third-order valence-electron chi connectivity index (χ3n) is 3.80. The van der Waals surface area contributed by atoms with Crippen LogP contribution < -0.4 is 10.6 Å². The zero-order valence-corrected chi connectivity index (χ0v) is 14.3. The van der Waals surface area contributed by atoms with Gasteiger partial charge in [0.25, 0.3) is 0 Å². The van der Waals surface area contributed by atoms with E-state index in [4.69, 9.17) is 0 Å². The minimum absolute atomic E-state index is 0.00676. The molecule has 1 aromatic carbocycles. The summed E-state index contributed by atoms with van der Waals surface area (Å²) in [6.45, 7) is 1.53. The standard InChI is InChI=1S/C17H17FN6O3/c1-10-8-16(23-22-10)21-17-14(24(26)27)6-7-15(20-17)19-13(9-25)11-2-4-12(18)5-3-11/h2-8,13,25H,9H2,1H3,(H3,19,20,21,22,23). The first-order chi connectivity index (χ1) is 13.0. The Morgan fingerprint density at radius 2 is 2.00 bits per heavy atom. The van der Waals surface area contributed by atoms with Crippen molar-refractivity contribution in [3.05, 3.63) is 69.7 Å². The Kier molecular flexibility index (Phi) is 5.27. The number of aromatic nitrogens is 3. The van der Waals surface area contributed by atoms with Gasteiger partial charge in [0, 0.05) is 17.8 Å². The van der Waals surface area contributed by atoms with Gasteiger partial charge in [0.2, 0.25) is 5.82 Å². The van der Waals surface area contributed by atoms with Crippen LogP contribution in [0.25, 0.3) is 0 Å². The number of hydrogen-bond acceptors (Lipinski definition) is 7. The monoisotopic (exact) mass is 372 g/mol. The average Bonchev–Trinajstić information content (AvgIpc) is 3.05. The van der Waals surface area contributed by atoms with Crippen LogP contribution >= 0.6 is 0 Å². The van der Waals surface area contributed by atoms with Crippen molar-refractivity contribution >= 4 is 23.1 Å². The van der Waals surface area contributed by atoms with Crippen molar-refractivity contribution in [1.82, 2.24) is 15.2 Å². The first-order valence-corrected chi connectivity index (χ1v) is 8.03. The zero-order chi connectivity index (χ0) is 19.4. The molecule has 10 heteroatoms. The number of rotatable bonds is 7. The molecule has 1 atom stereocenters. The van der Waals surface area contributed by atoms with Crippen LogP contribution in [0, 0.1) is 22.9 Å². The molecule has 9 nitrogen and oxygen atoms in total. The number of aryl methyl sites for hydroxylation is 1. The van der Waals surface area contributed by atoms with Crippen LogP contribution in [0.5, 0.6) is 0 Å². The van der Waals surface area contributed by atoms with Gasteiger partial charge in [-0.2, -0.15) is 5.10 Å². The Balaban J connectivity index is 1.87. The molecule has 0 spiro atoms. The Labute approximate surface area is 153 Å². The summed E-state index contributed by atoms with van der Waals surface area (Å²) in [5.74, 6) is 0.313. The number of hydrogen-bond donors (Lipinski definition) is 4. The van der Waals surface area contributed by atoms with Crippen molar-refractivity contribution in [1.29, 1.82) is 0 Å². The fourth-order valence-electron chi connectivity index (χ4n) is 2.48. The maximum atomic E-state index is 13.1. The van der Waals surface area contributed by atoms with E-state index in [-0.39, 0.29) is 23.9 Å². The highest BCUT2D eigenvalue weighted by molar-refractivity contribution is 5.66. The summed E-state index contributed by atoms with van der Waals surface area (Å²) < 4.78 is 13.1. The lowest BCUT2D eigenvalue weighted by molar-refractivity contribution is -0.384. The van der Waals surface area contributed by atoms with E-state index in [1.807, 2.05) is 0 Å².